The minimum atomic E-state index is -4.38. The van der Waals surface area contributed by atoms with Crippen LogP contribution in [0.2, 0.25) is 0 Å². The molecule has 1 aliphatic carbocycles. The summed E-state index contributed by atoms with van der Waals surface area (Å²) in [5.74, 6) is -0.454. The zero-order valence-corrected chi connectivity index (χ0v) is 11.7. The van der Waals surface area contributed by atoms with Gasteiger partial charge in [0.2, 0.25) is 11.8 Å². The number of ether oxygens (including phenoxy) is 1. The number of nitrogens with one attached hydrogen (secondary N) is 1. The van der Waals surface area contributed by atoms with Crippen LogP contribution in [-0.2, 0) is 14.3 Å². The van der Waals surface area contributed by atoms with E-state index in [0.717, 1.165) is 19.3 Å². The lowest BCUT2D eigenvalue weighted by molar-refractivity contribution is -0.176. The van der Waals surface area contributed by atoms with Crippen molar-refractivity contribution in [1.29, 1.82) is 0 Å². The van der Waals surface area contributed by atoms with E-state index in [2.05, 4.69) is 10.1 Å². The SMILES string of the molecule is O=C1CN(CCOCC(F)(F)F)C(=O)C2(CCCCC2)N1. The minimum Gasteiger partial charge on any atom is -0.370 e. The highest BCUT2D eigenvalue weighted by atomic mass is 19.4. The first-order chi connectivity index (χ1) is 9.82. The largest absolute Gasteiger partial charge is 0.411 e. The van der Waals surface area contributed by atoms with Gasteiger partial charge in [-0.3, -0.25) is 9.59 Å². The van der Waals surface area contributed by atoms with E-state index in [9.17, 15) is 22.8 Å². The van der Waals surface area contributed by atoms with Crippen molar-refractivity contribution >= 4 is 11.8 Å². The van der Waals surface area contributed by atoms with Crippen LogP contribution >= 0.6 is 0 Å². The maximum Gasteiger partial charge on any atom is 0.411 e. The Morgan fingerprint density at radius 3 is 2.48 bits per heavy atom. The number of nitrogens with zero attached hydrogens (tertiary/aromatic N) is 1. The third-order valence-electron chi connectivity index (χ3n) is 3.89. The average Bonchev–Trinajstić information content (AvgIpc) is 2.40. The van der Waals surface area contributed by atoms with Gasteiger partial charge in [0, 0.05) is 6.54 Å². The molecule has 0 aromatic heterocycles. The molecule has 2 aliphatic rings. The van der Waals surface area contributed by atoms with E-state index in [4.69, 9.17) is 0 Å². The van der Waals surface area contributed by atoms with Gasteiger partial charge in [-0.05, 0) is 12.8 Å². The number of hydrogen-bond acceptors (Lipinski definition) is 3. The van der Waals surface area contributed by atoms with E-state index in [1.54, 1.807) is 0 Å². The number of carbonyl (C=O) groups is 2. The van der Waals surface area contributed by atoms with Crippen molar-refractivity contribution in [2.24, 2.45) is 0 Å². The molecule has 8 heteroatoms. The van der Waals surface area contributed by atoms with Crippen LogP contribution in [0.25, 0.3) is 0 Å². The normalized spacial score (nSPS) is 22.5. The van der Waals surface area contributed by atoms with Gasteiger partial charge < -0.3 is 15.0 Å². The predicted octanol–water partition coefficient (Wildman–Crippen LogP) is 1.23. The van der Waals surface area contributed by atoms with Crippen molar-refractivity contribution in [1.82, 2.24) is 10.2 Å². The number of halogens is 3. The predicted molar refractivity (Wildman–Crippen MR) is 67.4 cm³/mol. The van der Waals surface area contributed by atoms with Crippen molar-refractivity contribution in [2.75, 3.05) is 26.3 Å². The fourth-order valence-electron chi connectivity index (χ4n) is 2.95. The summed E-state index contributed by atoms with van der Waals surface area (Å²) < 4.78 is 40.4. The molecule has 2 rings (SSSR count). The first-order valence-corrected chi connectivity index (χ1v) is 7.07. The Hall–Kier alpha value is -1.31. The molecule has 2 amide bonds. The van der Waals surface area contributed by atoms with Crippen LogP contribution in [0, 0.1) is 0 Å². The lowest BCUT2D eigenvalue weighted by Gasteiger charge is -2.44. The molecule has 5 nitrogen and oxygen atoms in total. The maximum absolute atomic E-state index is 12.5. The van der Waals surface area contributed by atoms with Gasteiger partial charge in [0.15, 0.2) is 0 Å². The van der Waals surface area contributed by atoms with E-state index in [1.807, 2.05) is 0 Å². The molecule has 1 saturated carbocycles. The van der Waals surface area contributed by atoms with Gasteiger partial charge in [-0.1, -0.05) is 19.3 Å². The fourth-order valence-corrected chi connectivity index (χ4v) is 2.95. The van der Waals surface area contributed by atoms with Crippen molar-refractivity contribution in [2.45, 2.75) is 43.8 Å². The smallest absolute Gasteiger partial charge is 0.370 e. The number of hydrogen-bond donors (Lipinski definition) is 1. The van der Waals surface area contributed by atoms with Crippen molar-refractivity contribution in [3.05, 3.63) is 0 Å². The monoisotopic (exact) mass is 308 g/mol. The molecule has 1 saturated heterocycles. The second kappa shape index (κ2) is 6.21. The van der Waals surface area contributed by atoms with Crippen LogP contribution in [0.15, 0.2) is 0 Å². The van der Waals surface area contributed by atoms with Crippen molar-refractivity contribution in [3.63, 3.8) is 0 Å². The molecule has 0 atom stereocenters. The Labute approximate surface area is 120 Å². The summed E-state index contributed by atoms with van der Waals surface area (Å²) in [6, 6.07) is 0. The summed E-state index contributed by atoms with van der Waals surface area (Å²) in [7, 11) is 0. The molecule has 1 heterocycles. The number of rotatable bonds is 4. The summed E-state index contributed by atoms with van der Waals surface area (Å²) in [6.07, 6.45) is -0.433. The molecule has 1 aliphatic heterocycles. The third kappa shape index (κ3) is 4.09. The van der Waals surface area contributed by atoms with Gasteiger partial charge in [-0.15, -0.1) is 0 Å². The molecule has 21 heavy (non-hydrogen) atoms. The topological polar surface area (TPSA) is 58.6 Å². The standard InChI is InChI=1S/C13H19F3N2O3/c14-13(15,16)9-21-7-6-18-8-10(19)17-12(11(18)20)4-2-1-3-5-12/h1-9H2,(H,17,19). The molecule has 0 aromatic carbocycles. The van der Waals surface area contributed by atoms with Crippen molar-refractivity contribution < 1.29 is 27.5 Å². The lowest BCUT2D eigenvalue weighted by atomic mass is 9.79. The summed E-state index contributed by atoms with van der Waals surface area (Å²) in [5.41, 5.74) is -0.850. The molecule has 2 fully saturated rings. The molecule has 0 radical (unpaired) electrons. The first-order valence-electron chi connectivity index (χ1n) is 7.07. The third-order valence-corrected chi connectivity index (χ3v) is 3.89. The molecular weight excluding hydrogens is 289 g/mol. The highest BCUT2D eigenvalue weighted by Crippen LogP contribution is 2.31. The maximum atomic E-state index is 12.5. The second-order valence-corrected chi connectivity index (χ2v) is 5.59. The minimum absolute atomic E-state index is 0.00405. The average molecular weight is 308 g/mol. The molecule has 120 valence electrons. The summed E-state index contributed by atoms with van der Waals surface area (Å²) in [6.45, 7) is -1.68. The van der Waals surface area contributed by atoms with E-state index in [1.165, 1.54) is 4.90 Å². The number of carbonyl (C=O) groups excluding carboxylic acids is 2. The Morgan fingerprint density at radius 1 is 1.19 bits per heavy atom. The van der Waals surface area contributed by atoms with E-state index >= 15 is 0 Å². The molecule has 1 N–H and O–H groups in total. The first kappa shape index (κ1) is 16.1. The van der Waals surface area contributed by atoms with E-state index in [0.29, 0.717) is 12.8 Å². The molecule has 0 bridgehead atoms. The summed E-state index contributed by atoms with van der Waals surface area (Å²) in [4.78, 5) is 25.5. The highest BCUT2D eigenvalue weighted by Gasteiger charge is 2.46. The van der Waals surface area contributed by atoms with Gasteiger partial charge in [0.05, 0.1) is 13.2 Å². The molecule has 0 unspecified atom stereocenters. The van der Waals surface area contributed by atoms with Gasteiger partial charge in [-0.25, -0.2) is 0 Å². The van der Waals surface area contributed by atoms with Crippen molar-refractivity contribution in [3.8, 4) is 0 Å². The fraction of sp³-hybridized carbons (Fsp3) is 0.846. The number of amides is 2. The zero-order valence-electron chi connectivity index (χ0n) is 11.7. The summed E-state index contributed by atoms with van der Waals surface area (Å²) >= 11 is 0. The lowest BCUT2D eigenvalue weighted by Crippen LogP contribution is -2.67. The van der Waals surface area contributed by atoms with Crippen LogP contribution in [0.4, 0.5) is 13.2 Å². The van der Waals surface area contributed by atoms with Gasteiger partial charge in [-0.2, -0.15) is 13.2 Å². The number of alkyl halides is 3. The van der Waals surface area contributed by atoms with Gasteiger partial charge in [0.1, 0.15) is 12.1 Å². The molecular formula is C13H19F3N2O3. The van der Waals surface area contributed by atoms with Crippen LogP contribution < -0.4 is 5.32 Å². The van der Waals surface area contributed by atoms with Crippen LogP contribution in [0.3, 0.4) is 0 Å². The summed E-state index contributed by atoms with van der Waals surface area (Å²) in [5, 5.41) is 2.78. The van der Waals surface area contributed by atoms with Gasteiger partial charge >= 0.3 is 6.18 Å². The Kier molecular flexibility index (Phi) is 4.75. The molecule has 1 spiro atoms. The van der Waals surface area contributed by atoms with Crippen LogP contribution in [0.5, 0.6) is 0 Å². The quantitative estimate of drug-likeness (QED) is 0.795. The molecule has 0 aromatic rings. The van der Waals surface area contributed by atoms with E-state index < -0.39 is 18.3 Å². The van der Waals surface area contributed by atoms with Gasteiger partial charge in [0.25, 0.3) is 0 Å². The Bertz CT molecular complexity index is 406. The number of piperazine rings is 1. The Balaban J connectivity index is 1.90. The highest BCUT2D eigenvalue weighted by molar-refractivity contribution is 5.98. The van der Waals surface area contributed by atoms with Crippen LogP contribution in [0.1, 0.15) is 32.1 Å². The van der Waals surface area contributed by atoms with Crippen LogP contribution in [-0.4, -0.2) is 54.7 Å². The van der Waals surface area contributed by atoms with E-state index in [-0.39, 0.29) is 31.5 Å². The second-order valence-electron chi connectivity index (χ2n) is 5.59. The Morgan fingerprint density at radius 2 is 1.86 bits per heavy atom. The zero-order chi connectivity index (χ0) is 15.5.